The molecule has 0 radical (unpaired) electrons. The number of thiazole rings is 1. The van der Waals surface area contributed by atoms with Gasteiger partial charge in [0.25, 0.3) is 0 Å². The molecule has 0 aliphatic rings. The highest BCUT2D eigenvalue weighted by atomic mass is 32.1. The van der Waals surface area contributed by atoms with Crippen molar-refractivity contribution in [1.82, 2.24) is 4.98 Å². The molecule has 1 aromatic rings. The van der Waals surface area contributed by atoms with Gasteiger partial charge in [0.15, 0.2) is 0 Å². The van der Waals surface area contributed by atoms with Gasteiger partial charge in [-0.1, -0.05) is 26.6 Å². The normalized spacial score (nSPS) is 14.5. The van der Waals surface area contributed by atoms with E-state index in [1.165, 1.54) is 4.50 Å². The van der Waals surface area contributed by atoms with Crippen LogP contribution in [0.5, 0.6) is 0 Å². The second kappa shape index (κ2) is 3.90. The predicted molar refractivity (Wildman–Crippen MR) is 60.3 cm³/mol. The Morgan fingerprint density at radius 2 is 2.15 bits per heavy atom. The van der Waals surface area contributed by atoms with Crippen molar-refractivity contribution in [2.75, 3.05) is 0 Å². The highest BCUT2D eigenvalue weighted by molar-refractivity contribution is 7.26. The molecular formula is C9H17NOSSi. The zero-order chi connectivity index (χ0) is 10.1. The first-order valence-corrected chi connectivity index (χ1v) is 8.91. The largest absolute Gasteiger partial charge is 0.386 e. The van der Waals surface area contributed by atoms with Crippen LogP contribution in [0, 0.1) is 0 Å². The van der Waals surface area contributed by atoms with Crippen LogP contribution in [0.25, 0.3) is 0 Å². The molecule has 1 unspecified atom stereocenters. The SMILES string of the molecule is CCC(O)c1ncc([Si](C)(C)C)s1. The van der Waals surface area contributed by atoms with E-state index in [9.17, 15) is 5.11 Å². The van der Waals surface area contributed by atoms with E-state index in [2.05, 4.69) is 24.6 Å². The van der Waals surface area contributed by atoms with Gasteiger partial charge in [-0.15, -0.1) is 11.3 Å². The van der Waals surface area contributed by atoms with Crippen LogP contribution in [0.3, 0.4) is 0 Å². The number of aromatic nitrogens is 1. The first-order valence-electron chi connectivity index (χ1n) is 4.59. The lowest BCUT2D eigenvalue weighted by molar-refractivity contribution is 0.173. The third kappa shape index (κ3) is 2.62. The Hall–Kier alpha value is -0.193. The van der Waals surface area contributed by atoms with Gasteiger partial charge in [-0.3, -0.25) is 0 Å². The van der Waals surface area contributed by atoms with Gasteiger partial charge in [-0.25, -0.2) is 4.98 Å². The predicted octanol–water partition coefficient (Wildman–Crippen LogP) is 2.13. The van der Waals surface area contributed by atoms with Crippen LogP contribution >= 0.6 is 11.3 Å². The minimum Gasteiger partial charge on any atom is -0.386 e. The Morgan fingerprint density at radius 1 is 1.54 bits per heavy atom. The molecule has 0 bridgehead atoms. The quantitative estimate of drug-likeness (QED) is 0.784. The van der Waals surface area contributed by atoms with Crippen LogP contribution in [0.4, 0.5) is 0 Å². The van der Waals surface area contributed by atoms with Crippen LogP contribution < -0.4 is 4.50 Å². The number of aliphatic hydroxyl groups excluding tert-OH is 1. The molecule has 0 aliphatic heterocycles. The smallest absolute Gasteiger partial charge is 0.121 e. The van der Waals surface area contributed by atoms with E-state index in [0.717, 1.165) is 11.4 Å². The fraction of sp³-hybridized carbons (Fsp3) is 0.667. The number of rotatable bonds is 3. The summed E-state index contributed by atoms with van der Waals surface area (Å²) in [4.78, 5) is 4.26. The van der Waals surface area contributed by atoms with Crippen molar-refractivity contribution in [3.63, 3.8) is 0 Å². The number of nitrogens with zero attached hydrogens (tertiary/aromatic N) is 1. The molecule has 13 heavy (non-hydrogen) atoms. The van der Waals surface area contributed by atoms with Gasteiger partial charge in [0.2, 0.25) is 0 Å². The molecule has 1 aromatic heterocycles. The van der Waals surface area contributed by atoms with Gasteiger partial charge in [-0.05, 0) is 6.42 Å². The molecule has 74 valence electrons. The second-order valence-corrected chi connectivity index (χ2v) is 10.7. The summed E-state index contributed by atoms with van der Waals surface area (Å²) < 4.78 is 1.37. The molecule has 0 amide bonds. The van der Waals surface area contributed by atoms with E-state index in [1.54, 1.807) is 11.3 Å². The Bertz CT molecular complexity index is 279. The minimum atomic E-state index is -1.23. The molecule has 0 saturated carbocycles. The summed E-state index contributed by atoms with van der Waals surface area (Å²) in [5, 5.41) is 10.4. The Morgan fingerprint density at radius 3 is 2.54 bits per heavy atom. The van der Waals surface area contributed by atoms with E-state index in [4.69, 9.17) is 0 Å². The van der Waals surface area contributed by atoms with E-state index in [0.29, 0.717) is 0 Å². The highest BCUT2D eigenvalue weighted by Crippen LogP contribution is 2.19. The third-order valence-electron chi connectivity index (χ3n) is 1.93. The summed E-state index contributed by atoms with van der Waals surface area (Å²) in [5.74, 6) is 0. The summed E-state index contributed by atoms with van der Waals surface area (Å²) in [5.41, 5.74) is 0. The van der Waals surface area contributed by atoms with E-state index < -0.39 is 8.07 Å². The monoisotopic (exact) mass is 215 g/mol. The van der Waals surface area contributed by atoms with Crippen LogP contribution in [0.2, 0.25) is 19.6 Å². The summed E-state index contributed by atoms with van der Waals surface area (Å²) >= 11 is 1.67. The van der Waals surface area contributed by atoms with Crippen LogP contribution in [-0.2, 0) is 0 Å². The van der Waals surface area contributed by atoms with Crippen LogP contribution in [0.1, 0.15) is 24.5 Å². The molecule has 0 saturated heterocycles. The molecule has 0 fully saturated rings. The van der Waals surface area contributed by atoms with E-state index in [1.807, 2.05) is 13.1 Å². The average Bonchev–Trinajstić information content (AvgIpc) is 2.50. The molecule has 1 N–H and O–H groups in total. The topological polar surface area (TPSA) is 33.1 Å². The van der Waals surface area contributed by atoms with Gasteiger partial charge >= 0.3 is 0 Å². The number of aliphatic hydroxyl groups is 1. The zero-order valence-electron chi connectivity index (χ0n) is 8.66. The molecule has 0 aromatic carbocycles. The molecule has 1 heterocycles. The summed E-state index contributed by atoms with van der Waals surface area (Å²) in [6.07, 6.45) is 2.32. The Kier molecular flexibility index (Phi) is 3.26. The van der Waals surface area contributed by atoms with Crippen molar-refractivity contribution in [3.8, 4) is 0 Å². The standard InChI is InChI=1S/C9H17NOSSi/c1-5-7(11)9-10-6-8(12-9)13(2,3)4/h6-7,11H,5H2,1-4H3. The van der Waals surface area contributed by atoms with Crippen molar-refractivity contribution in [1.29, 1.82) is 0 Å². The first kappa shape index (κ1) is 10.9. The summed E-state index contributed by atoms with van der Waals surface area (Å²) in [7, 11) is -1.23. The van der Waals surface area contributed by atoms with Crippen LogP contribution in [-0.4, -0.2) is 18.2 Å². The van der Waals surface area contributed by atoms with E-state index in [-0.39, 0.29) is 6.10 Å². The minimum absolute atomic E-state index is 0.366. The van der Waals surface area contributed by atoms with Gasteiger partial charge in [-0.2, -0.15) is 0 Å². The van der Waals surface area contributed by atoms with Crippen LogP contribution in [0.15, 0.2) is 6.20 Å². The third-order valence-corrected chi connectivity index (χ3v) is 6.60. The van der Waals surface area contributed by atoms with Gasteiger partial charge in [0.1, 0.15) is 11.1 Å². The molecular weight excluding hydrogens is 198 g/mol. The second-order valence-electron chi connectivity index (χ2n) is 4.24. The fourth-order valence-corrected chi connectivity index (χ4v) is 3.69. The van der Waals surface area contributed by atoms with Gasteiger partial charge in [0.05, 0.1) is 8.07 Å². The van der Waals surface area contributed by atoms with Gasteiger partial charge < -0.3 is 5.11 Å². The molecule has 1 atom stereocenters. The lowest BCUT2D eigenvalue weighted by atomic mass is 10.3. The van der Waals surface area contributed by atoms with Crippen molar-refractivity contribution in [3.05, 3.63) is 11.2 Å². The molecule has 1 rings (SSSR count). The lowest BCUT2D eigenvalue weighted by Crippen LogP contribution is -2.34. The fourth-order valence-electron chi connectivity index (χ4n) is 0.963. The molecule has 0 aliphatic carbocycles. The van der Waals surface area contributed by atoms with Crippen molar-refractivity contribution in [2.45, 2.75) is 39.1 Å². The van der Waals surface area contributed by atoms with E-state index >= 15 is 0 Å². The molecule has 2 nitrogen and oxygen atoms in total. The lowest BCUT2D eigenvalue weighted by Gasteiger charge is -2.11. The average molecular weight is 215 g/mol. The maximum atomic E-state index is 9.57. The Balaban J connectivity index is 2.87. The number of hydrogen-bond donors (Lipinski definition) is 1. The highest BCUT2D eigenvalue weighted by Gasteiger charge is 2.21. The van der Waals surface area contributed by atoms with Crippen molar-refractivity contribution >= 4 is 23.9 Å². The zero-order valence-corrected chi connectivity index (χ0v) is 10.5. The van der Waals surface area contributed by atoms with Gasteiger partial charge in [0, 0.05) is 10.7 Å². The maximum Gasteiger partial charge on any atom is 0.121 e. The maximum absolute atomic E-state index is 9.57. The summed E-state index contributed by atoms with van der Waals surface area (Å²) in [6, 6.07) is 0. The van der Waals surface area contributed by atoms with Crippen molar-refractivity contribution < 1.29 is 5.11 Å². The summed E-state index contributed by atoms with van der Waals surface area (Å²) in [6.45, 7) is 8.86. The molecule has 4 heteroatoms. The first-order chi connectivity index (χ1) is 5.95. The van der Waals surface area contributed by atoms with Crippen molar-refractivity contribution in [2.24, 2.45) is 0 Å². The number of hydrogen-bond acceptors (Lipinski definition) is 3. The Labute approximate surface area is 84.7 Å². The molecule has 0 spiro atoms.